The molecule has 0 saturated carbocycles. The Balaban J connectivity index is 2.91. The average molecular weight is 283 g/mol. The normalized spacial score (nSPS) is 12.4. The van der Waals surface area contributed by atoms with Crippen LogP contribution in [0.1, 0.15) is 13.8 Å². The van der Waals surface area contributed by atoms with E-state index < -0.39 is 5.69 Å². The summed E-state index contributed by atoms with van der Waals surface area (Å²) in [7, 11) is 3.01. The van der Waals surface area contributed by atoms with Crippen molar-refractivity contribution in [2.75, 3.05) is 0 Å². The fourth-order valence-electron chi connectivity index (χ4n) is 1.90. The van der Waals surface area contributed by atoms with Gasteiger partial charge in [0.1, 0.15) is 0 Å². The number of halogens is 1. The molecular formula is C12H15ClN4O2. The summed E-state index contributed by atoms with van der Waals surface area (Å²) in [4.78, 5) is 28.2. The van der Waals surface area contributed by atoms with Crippen LogP contribution in [-0.4, -0.2) is 18.7 Å². The number of fused-ring (bicyclic) bond motifs is 1. The van der Waals surface area contributed by atoms with Crippen molar-refractivity contribution < 1.29 is 0 Å². The van der Waals surface area contributed by atoms with E-state index in [2.05, 4.69) is 4.98 Å². The second-order valence-electron chi connectivity index (χ2n) is 4.48. The Kier molecular flexibility index (Phi) is 3.36. The Labute approximate surface area is 114 Å². The third-order valence-electron chi connectivity index (χ3n) is 3.20. The second kappa shape index (κ2) is 4.70. The zero-order valence-corrected chi connectivity index (χ0v) is 12.0. The predicted molar refractivity (Wildman–Crippen MR) is 74.7 cm³/mol. The number of aromatic nitrogens is 4. The molecule has 0 saturated heterocycles. The number of hydrogen-bond donors (Lipinski definition) is 0. The van der Waals surface area contributed by atoms with Crippen LogP contribution in [0.15, 0.2) is 21.2 Å². The maximum Gasteiger partial charge on any atom is 0.332 e. The van der Waals surface area contributed by atoms with Gasteiger partial charge in [0.05, 0.1) is 0 Å². The van der Waals surface area contributed by atoms with Gasteiger partial charge in [-0.15, -0.1) is 0 Å². The lowest BCUT2D eigenvalue weighted by Gasteiger charge is -2.07. The van der Waals surface area contributed by atoms with Gasteiger partial charge in [-0.2, -0.15) is 4.98 Å². The van der Waals surface area contributed by atoms with Gasteiger partial charge < -0.3 is 4.57 Å². The van der Waals surface area contributed by atoms with Gasteiger partial charge in [-0.1, -0.05) is 11.6 Å². The summed E-state index contributed by atoms with van der Waals surface area (Å²) in [6.45, 7) is 4.32. The van der Waals surface area contributed by atoms with E-state index in [9.17, 15) is 9.59 Å². The largest absolute Gasteiger partial charge is 0.332 e. The summed E-state index contributed by atoms with van der Waals surface area (Å²) in [5.41, 5.74) is 0.901. The van der Waals surface area contributed by atoms with Crippen molar-refractivity contribution in [1.82, 2.24) is 18.7 Å². The van der Waals surface area contributed by atoms with E-state index in [0.29, 0.717) is 17.7 Å². The van der Waals surface area contributed by atoms with Crippen molar-refractivity contribution in [3.63, 3.8) is 0 Å². The number of rotatable bonds is 2. The molecule has 7 heteroatoms. The van der Waals surface area contributed by atoms with Crippen LogP contribution in [-0.2, 0) is 20.6 Å². The predicted octanol–water partition coefficient (Wildman–Crippen LogP) is 1.05. The standard InChI is InChI=1S/C12H15ClN4O2/c1-5-7(2)6-17-8-9(14-11(17)13)15(3)12(19)16(4)10(8)18/h5H,6H2,1-4H3/b7-5+. The molecule has 0 aromatic carbocycles. The highest BCUT2D eigenvalue weighted by Crippen LogP contribution is 2.17. The smallest absolute Gasteiger partial charge is 0.305 e. The van der Waals surface area contributed by atoms with Crippen LogP contribution in [0, 0.1) is 0 Å². The van der Waals surface area contributed by atoms with Gasteiger partial charge in [0.2, 0.25) is 5.28 Å². The zero-order chi connectivity index (χ0) is 14.3. The summed E-state index contributed by atoms with van der Waals surface area (Å²) in [5, 5.41) is 0.203. The van der Waals surface area contributed by atoms with E-state index in [4.69, 9.17) is 11.6 Å². The molecule has 0 spiro atoms. The van der Waals surface area contributed by atoms with Crippen molar-refractivity contribution in [1.29, 1.82) is 0 Å². The van der Waals surface area contributed by atoms with Crippen molar-refractivity contribution in [3.8, 4) is 0 Å². The third kappa shape index (κ3) is 2.02. The molecule has 0 fully saturated rings. The fraction of sp³-hybridized carbons (Fsp3) is 0.417. The van der Waals surface area contributed by atoms with Gasteiger partial charge in [0.15, 0.2) is 11.2 Å². The van der Waals surface area contributed by atoms with Crippen LogP contribution < -0.4 is 11.2 Å². The number of aryl methyl sites for hydroxylation is 1. The average Bonchev–Trinajstić information content (AvgIpc) is 2.71. The number of allylic oxidation sites excluding steroid dienone is 2. The fourth-order valence-corrected chi connectivity index (χ4v) is 2.13. The summed E-state index contributed by atoms with van der Waals surface area (Å²) < 4.78 is 4.00. The van der Waals surface area contributed by atoms with Crippen molar-refractivity contribution in [2.24, 2.45) is 14.1 Å². The lowest BCUT2D eigenvalue weighted by molar-refractivity contribution is 0.701. The molecule has 0 bridgehead atoms. The Morgan fingerprint density at radius 1 is 1.32 bits per heavy atom. The lowest BCUT2D eigenvalue weighted by atomic mass is 10.3. The minimum Gasteiger partial charge on any atom is -0.305 e. The molecule has 2 rings (SSSR count). The maximum absolute atomic E-state index is 12.2. The minimum absolute atomic E-state index is 0.203. The zero-order valence-electron chi connectivity index (χ0n) is 11.3. The first kappa shape index (κ1) is 13.6. The van der Waals surface area contributed by atoms with Gasteiger partial charge in [0.25, 0.3) is 5.56 Å². The van der Waals surface area contributed by atoms with Crippen LogP contribution in [0.3, 0.4) is 0 Å². The van der Waals surface area contributed by atoms with Gasteiger partial charge in [0, 0.05) is 20.6 Å². The van der Waals surface area contributed by atoms with Crippen LogP contribution in [0.4, 0.5) is 0 Å². The summed E-state index contributed by atoms with van der Waals surface area (Å²) >= 11 is 6.08. The monoisotopic (exact) mass is 282 g/mol. The van der Waals surface area contributed by atoms with E-state index in [-0.39, 0.29) is 10.8 Å². The topological polar surface area (TPSA) is 61.8 Å². The Bertz CT molecular complexity index is 795. The molecule has 6 nitrogen and oxygen atoms in total. The van der Waals surface area contributed by atoms with E-state index in [0.717, 1.165) is 10.1 Å². The van der Waals surface area contributed by atoms with Gasteiger partial charge in [-0.3, -0.25) is 13.9 Å². The molecule has 0 atom stereocenters. The van der Waals surface area contributed by atoms with E-state index in [1.807, 2.05) is 19.9 Å². The highest BCUT2D eigenvalue weighted by Gasteiger charge is 2.17. The van der Waals surface area contributed by atoms with E-state index >= 15 is 0 Å². The van der Waals surface area contributed by atoms with E-state index in [1.165, 1.54) is 11.6 Å². The molecule has 19 heavy (non-hydrogen) atoms. The molecule has 2 heterocycles. The Hall–Kier alpha value is -1.82. The molecule has 0 N–H and O–H groups in total. The molecule has 0 amide bonds. The highest BCUT2D eigenvalue weighted by atomic mass is 35.5. The van der Waals surface area contributed by atoms with Crippen molar-refractivity contribution in [2.45, 2.75) is 20.4 Å². The molecule has 2 aromatic rings. The SMILES string of the molecule is C/C=C(\C)Cn1c(Cl)nc2c1c(=O)n(C)c(=O)n2C. The minimum atomic E-state index is -0.415. The molecule has 102 valence electrons. The highest BCUT2D eigenvalue weighted by molar-refractivity contribution is 6.29. The van der Waals surface area contributed by atoms with Gasteiger partial charge in [-0.25, -0.2) is 4.79 Å². The van der Waals surface area contributed by atoms with Crippen LogP contribution in [0.25, 0.3) is 11.2 Å². The second-order valence-corrected chi connectivity index (χ2v) is 4.82. The van der Waals surface area contributed by atoms with Gasteiger partial charge >= 0.3 is 5.69 Å². The van der Waals surface area contributed by atoms with E-state index in [1.54, 1.807) is 11.6 Å². The quantitative estimate of drug-likeness (QED) is 0.611. The number of imidazole rings is 1. The maximum atomic E-state index is 12.2. The molecule has 0 aliphatic carbocycles. The van der Waals surface area contributed by atoms with Crippen molar-refractivity contribution >= 4 is 22.8 Å². The summed E-state index contributed by atoms with van der Waals surface area (Å²) in [6.07, 6.45) is 1.94. The van der Waals surface area contributed by atoms with Gasteiger partial charge in [-0.05, 0) is 25.4 Å². The first-order valence-electron chi connectivity index (χ1n) is 5.82. The van der Waals surface area contributed by atoms with Crippen LogP contribution in [0.2, 0.25) is 5.28 Å². The Morgan fingerprint density at radius 3 is 2.53 bits per heavy atom. The molecule has 2 aromatic heterocycles. The summed E-state index contributed by atoms with van der Waals surface area (Å²) in [6, 6.07) is 0. The van der Waals surface area contributed by atoms with Crippen LogP contribution in [0.5, 0.6) is 0 Å². The molecule has 0 aliphatic heterocycles. The molecule has 0 radical (unpaired) electrons. The Morgan fingerprint density at radius 2 is 1.95 bits per heavy atom. The third-order valence-corrected chi connectivity index (χ3v) is 3.49. The van der Waals surface area contributed by atoms with Crippen molar-refractivity contribution in [3.05, 3.63) is 37.8 Å². The summed E-state index contributed by atoms with van der Waals surface area (Å²) in [5.74, 6) is 0. The molecule has 0 aliphatic rings. The first-order valence-corrected chi connectivity index (χ1v) is 6.19. The number of hydrogen-bond acceptors (Lipinski definition) is 3. The lowest BCUT2D eigenvalue weighted by Crippen LogP contribution is -2.37. The molecule has 0 unspecified atom stereocenters. The first-order chi connectivity index (χ1) is 8.88. The van der Waals surface area contributed by atoms with Crippen LogP contribution >= 0.6 is 11.6 Å². The number of nitrogens with zero attached hydrogens (tertiary/aromatic N) is 4. The molecular weight excluding hydrogens is 268 g/mol.